The number of nitrogens with zero attached hydrogens (tertiary/aromatic N) is 3. The van der Waals surface area contributed by atoms with Gasteiger partial charge in [-0.2, -0.15) is 0 Å². The van der Waals surface area contributed by atoms with E-state index in [1.165, 1.54) is 0 Å². The number of pyridine rings is 1. The minimum atomic E-state index is 0.0184. The van der Waals surface area contributed by atoms with Crippen LogP contribution in [-0.2, 0) is 4.74 Å². The largest absolute Gasteiger partial charge is 0.383 e. The SMILES string of the molecule is COCCN1CCN(c2cc(C(=O)NC3CC3)ccn2)CC1. The molecular weight excluding hydrogens is 280 g/mol. The highest BCUT2D eigenvalue weighted by Crippen LogP contribution is 2.20. The molecule has 0 spiro atoms. The molecule has 0 bridgehead atoms. The number of carbonyl (C=O) groups excluding carboxylic acids is 1. The van der Waals surface area contributed by atoms with Gasteiger partial charge < -0.3 is 15.0 Å². The summed E-state index contributed by atoms with van der Waals surface area (Å²) in [6.45, 7) is 5.62. The topological polar surface area (TPSA) is 57.7 Å². The lowest BCUT2D eigenvalue weighted by Crippen LogP contribution is -2.47. The van der Waals surface area contributed by atoms with E-state index < -0.39 is 0 Å². The second-order valence-electron chi connectivity index (χ2n) is 5.97. The molecule has 3 rings (SSSR count). The van der Waals surface area contributed by atoms with Gasteiger partial charge in [-0.15, -0.1) is 0 Å². The maximum atomic E-state index is 12.1. The van der Waals surface area contributed by atoms with Crippen LogP contribution in [0.4, 0.5) is 5.82 Å². The Kier molecular flexibility index (Phi) is 4.90. The molecule has 0 unspecified atom stereocenters. The van der Waals surface area contributed by atoms with Crippen LogP contribution in [0.25, 0.3) is 0 Å². The quantitative estimate of drug-likeness (QED) is 0.840. The molecule has 1 N–H and O–H groups in total. The normalized spacial score (nSPS) is 19.2. The van der Waals surface area contributed by atoms with E-state index in [0.29, 0.717) is 11.6 Å². The number of rotatable bonds is 6. The molecule has 120 valence electrons. The van der Waals surface area contributed by atoms with Gasteiger partial charge in [-0.25, -0.2) is 4.98 Å². The summed E-state index contributed by atoms with van der Waals surface area (Å²) in [6, 6.07) is 4.08. The molecular formula is C16H24N4O2. The van der Waals surface area contributed by atoms with Gasteiger partial charge in [0.15, 0.2) is 0 Å². The molecule has 1 aliphatic heterocycles. The third-order valence-electron chi connectivity index (χ3n) is 4.23. The first-order valence-electron chi connectivity index (χ1n) is 7.99. The summed E-state index contributed by atoms with van der Waals surface area (Å²) in [5, 5.41) is 3.02. The molecule has 22 heavy (non-hydrogen) atoms. The van der Waals surface area contributed by atoms with E-state index >= 15 is 0 Å². The summed E-state index contributed by atoms with van der Waals surface area (Å²) in [4.78, 5) is 21.2. The predicted molar refractivity (Wildman–Crippen MR) is 85.3 cm³/mol. The highest BCUT2D eigenvalue weighted by atomic mass is 16.5. The van der Waals surface area contributed by atoms with Gasteiger partial charge in [0.2, 0.25) is 0 Å². The number of hydrogen-bond acceptors (Lipinski definition) is 5. The van der Waals surface area contributed by atoms with Crippen molar-refractivity contribution in [1.29, 1.82) is 0 Å². The van der Waals surface area contributed by atoms with Gasteiger partial charge in [0, 0.05) is 57.6 Å². The first-order chi connectivity index (χ1) is 10.8. The van der Waals surface area contributed by atoms with Crippen LogP contribution in [0.3, 0.4) is 0 Å². The molecule has 1 aromatic rings. The van der Waals surface area contributed by atoms with Gasteiger partial charge >= 0.3 is 0 Å². The zero-order chi connectivity index (χ0) is 15.4. The zero-order valence-corrected chi connectivity index (χ0v) is 13.1. The highest BCUT2D eigenvalue weighted by Gasteiger charge is 2.24. The van der Waals surface area contributed by atoms with Crippen LogP contribution in [0, 0.1) is 0 Å². The first-order valence-corrected chi connectivity index (χ1v) is 7.99. The number of hydrogen-bond donors (Lipinski definition) is 1. The molecule has 2 heterocycles. The fraction of sp³-hybridized carbons (Fsp3) is 0.625. The Morgan fingerprint density at radius 3 is 2.82 bits per heavy atom. The Morgan fingerprint density at radius 1 is 1.36 bits per heavy atom. The number of piperazine rings is 1. The molecule has 0 atom stereocenters. The summed E-state index contributed by atoms with van der Waals surface area (Å²) in [5.74, 6) is 0.916. The van der Waals surface area contributed by atoms with Crippen molar-refractivity contribution in [1.82, 2.24) is 15.2 Å². The minimum absolute atomic E-state index is 0.0184. The van der Waals surface area contributed by atoms with E-state index in [9.17, 15) is 4.79 Å². The molecule has 0 radical (unpaired) electrons. The fourth-order valence-corrected chi connectivity index (χ4v) is 2.65. The Balaban J connectivity index is 1.57. The van der Waals surface area contributed by atoms with Gasteiger partial charge in [-0.3, -0.25) is 9.69 Å². The summed E-state index contributed by atoms with van der Waals surface area (Å²) in [7, 11) is 1.73. The molecule has 6 heteroatoms. The Labute approximate surface area is 131 Å². The third-order valence-corrected chi connectivity index (χ3v) is 4.23. The summed E-state index contributed by atoms with van der Waals surface area (Å²) >= 11 is 0. The zero-order valence-electron chi connectivity index (χ0n) is 13.1. The lowest BCUT2D eigenvalue weighted by molar-refractivity contribution is 0.0951. The van der Waals surface area contributed by atoms with Gasteiger partial charge in [0.1, 0.15) is 5.82 Å². The molecule has 1 aromatic heterocycles. The van der Waals surface area contributed by atoms with Crippen molar-refractivity contribution in [2.75, 3.05) is 51.3 Å². The van der Waals surface area contributed by atoms with E-state index in [2.05, 4.69) is 20.1 Å². The lowest BCUT2D eigenvalue weighted by atomic mass is 10.2. The molecule has 0 aromatic carbocycles. The van der Waals surface area contributed by atoms with Crippen molar-refractivity contribution in [3.63, 3.8) is 0 Å². The average molecular weight is 304 g/mol. The maximum Gasteiger partial charge on any atom is 0.251 e. The number of nitrogens with one attached hydrogen (secondary N) is 1. The van der Waals surface area contributed by atoms with E-state index in [0.717, 1.165) is 58.0 Å². The van der Waals surface area contributed by atoms with Crippen LogP contribution in [-0.4, -0.2) is 68.3 Å². The standard InChI is InChI=1S/C16H24N4O2/c1-22-11-10-19-6-8-20(9-7-19)15-12-13(4-5-17-15)16(21)18-14-2-3-14/h4-5,12,14H,2-3,6-11H2,1H3,(H,18,21). The molecule has 1 saturated carbocycles. The average Bonchev–Trinajstić information content (AvgIpc) is 3.37. The number of anilines is 1. The Hall–Kier alpha value is -1.66. The summed E-state index contributed by atoms with van der Waals surface area (Å²) in [6.07, 6.45) is 3.94. The van der Waals surface area contributed by atoms with Crippen LogP contribution in [0.15, 0.2) is 18.3 Å². The van der Waals surface area contributed by atoms with Crippen molar-refractivity contribution in [2.24, 2.45) is 0 Å². The second kappa shape index (κ2) is 7.07. The van der Waals surface area contributed by atoms with Crippen LogP contribution < -0.4 is 10.2 Å². The number of amides is 1. The van der Waals surface area contributed by atoms with Gasteiger partial charge in [0.05, 0.1) is 6.61 Å². The number of carbonyl (C=O) groups is 1. The smallest absolute Gasteiger partial charge is 0.251 e. The van der Waals surface area contributed by atoms with E-state index in [-0.39, 0.29) is 5.91 Å². The van der Waals surface area contributed by atoms with Crippen molar-refractivity contribution < 1.29 is 9.53 Å². The Morgan fingerprint density at radius 2 is 2.14 bits per heavy atom. The summed E-state index contributed by atoms with van der Waals surface area (Å²) in [5.41, 5.74) is 0.707. The maximum absolute atomic E-state index is 12.1. The van der Waals surface area contributed by atoms with E-state index in [1.54, 1.807) is 19.4 Å². The van der Waals surface area contributed by atoms with Crippen molar-refractivity contribution >= 4 is 11.7 Å². The second-order valence-corrected chi connectivity index (χ2v) is 5.97. The van der Waals surface area contributed by atoms with Crippen molar-refractivity contribution in [3.05, 3.63) is 23.9 Å². The molecule has 1 amide bonds. The number of ether oxygens (including phenoxy) is 1. The number of methoxy groups -OCH3 is 1. The molecule has 1 saturated heterocycles. The monoisotopic (exact) mass is 304 g/mol. The third kappa shape index (κ3) is 3.96. The van der Waals surface area contributed by atoms with Crippen LogP contribution in [0.1, 0.15) is 23.2 Å². The number of aromatic nitrogens is 1. The first kappa shape index (κ1) is 15.2. The molecule has 1 aliphatic carbocycles. The van der Waals surface area contributed by atoms with E-state index in [4.69, 9.17) is 4.74 Å². The fourth-order valence-electron chi connectivity index (χ4n) is 2.65. The molecule has 6 nitrogen and oxygen atoms in total. The van der Waals surface area contributed by atoms with Gasteiger partial charge in [-0.05, 0) is 25.0 Å². The summed E-state index contributed by atoms with van der Waals surface area (Å²) < 4.78 is 5.12. The van der Waals surface area contributed by atoms with E-state index in [1.807, 2.05) is 6.07 Å². The minimum Gasteiger partial charge on any atom is -0.383 e. The highest BCUT2D eigenvalue weighted by molar-refractivity contribution is 5.95. The molecule has 2 fully saturated rings. The van der Waals surface area contributed by atoms with Gasteiger partial charge in [-0.1, -0.05) is 0 Å². The van der Waals surface area contributed by atoms with Gasteiger partial charge in [0.25, 0.3) is 5.91 Å². The lowest BCUT2D eigenvalue weighted by Gasteiger charge is -2.35. The van der Waals surface area contributed by atoms with Crippen molar-refractivity contribution in [2.45, 2.75) is 18.9 Å². The van der Waals surface area contributed by atoms with Crippen molar-refractivity contribution in [3.8, 4) is 0 Å². The van der Waals surface area contributed by atoms with Crippen LogP contribution in [0.2, 0.25) is 0 Å². The Bertz CT molecular complexity index is 511. The predicted octanol–water partition coefficient (Wildman–Crippen LogP) is 0.742. The molecule has 2 aliphatic rings. The van der Waals surface area contributed by atoms with Crippen LogP contribution in [0.5, 0.6) is 0 Å². The van der Waals surface area contributed by atoms with Crippen LogP contribution >= 0.6 is 0 Å².